The smallest absolute Gasteiger partial charge is 0.202 e. The summed E-state index contributed by atoms with van der Waals surface area (Å²) in [4.78, 5) is 0.171. The lowest BCUT2D eigenvalue weighted by Crippen LogP contribution is -2.05. The van der Waals surface area contributed by atoms with Crippen LogP contribution in [-0.4, -0.2) is 19.5 Å². The normalized spacial score (nSPS) is 11.5. The van der Waals surface area contributed by atoms with Gasteiger partial charge in [-0.25, -0.2) is 8.42 Å². The van der Waals surface area contributed by atoms with Gasteiger partial charge in [0.05, 0.1) is 4.90 Å². The average molecular weight is 186 g/mol. The van der Waals surface area contributed by atoms with Crippen LogP contribution in [0.2, 0.25) is 0 Å². The summed E-state index contributed by atoms with van der Waals surface area (Å²) in [6, 6.07) is 6.46. The summed E-state index contributed by atoms with van der Waals surface area (Å²) in [6.45, 7) is 1.80. The molecule has 66 valence electrons. The van der Waals surface area contributed by atoms with Crippen LogP contribution in [0.1, 0.15) is 5.56 Å². The molecule has 0 unspecified atom stereocenters. The van der Waals surface area contributed by atoms with Gasteiger partial charge in [-0.2, -0.15) is 0 Å². The lowest BCUT2D eigenvalue weighted by atomic mass is 10.2. The maximum absolute atomic E-state index is 11.1. The van der Waals surface area contributed by atoms with Gasteiger partial charge in [0.15, 0.2) is 0 Å². The van der Waals surface area contributed by atoms with Gasteiger partial charge in [-0.3, -0.25) is 0 Å². The van der Waals surface area contributed by atoms with Crippen LogP contribution in [0, 0.1) is 6.92 Å². The Labute approximate surface area is 71.6 Å². The molecular weight excluding hydrogens is 176 g/mol. The Bertz CT molecular complexity index is 368. The van der Waals surface area contributed by atoms with Gasteiger partial charge in [0.2, 0.25) is 9.84 Å². The fraction of sp³-hybridized carbons (Fsp3) is 0.250. The molecule has 0 bridgehead atoms. The molecule has 0 radical (unpaired) electrons. The number of sulfone groups is 1. The Kier molecular flexibility index (Phi) is 2.49. The van der Waals surface area contributed by atoms with Crippen LogP contribution in [0.15, 0.2) is 29.2 Å². The quantitative estimate of drug-likeness (QED) is 0.740. The van der Waals surface area contributed by atoms with Crippen molar-refractivity contribution in [2.24, 2.45) is 0 Å². The molecule has 0 fully saturated rings. The van der Waals surface area contributed by atoms with E-state index in [2.05, 4.69) is 0 Å². The lowest BCUT2D eigenvalue weighted by molar-refractivity contribution is 0.358. The van der Waals surface area contributed by atoms with E-state index in [-0.39, 0.29) is 4.90 Å². The molecule has 0 aliphatic carbocycles. The minimum atomic E-state index is -3.47. The Morgan fingerprint density at radius 1 is 1.42 bits per heavy atom. The number of aliphatic hydroxyl groups excluding tert-OH is 1. The highest BCUT2D eigenvalue weighted by Crippen LogP contribution is 2.11. The van der Waals surface area contributed by atoms with Gasteiger partial charge in [0, 0.05) is 0 Å². The molecule has 0 amide bonds. The van der Waals surface area contributed by atoms with Crippen LogP contribution in [-0.2, 0) is 9.84 Å². The fourth-order valence-electron chi connectivity index (χ4n) is 0.883. The largest absolute Gasteiger partial charge is 0.380 e. The average Bonchev–Trinajstić information content (AvgIpc) is 2.05. The van der Waals surface area contributed by atoms with Crippen LogP contribution in [0.4, 0.5) is 0 Å². The summed E-state index contributed by atoms with van der Waals surface area (Å²) in [5.41, 5.74) is 0.865. The molecule has 1 aromatic carbocycles. The standard InChI is InChI=1S/C8H10O3S/c1-7-3-2-4-8(5-7)12(10,11)6-9/h2-5,9H,6H2,1H3. The van der Waals surface area contributed by atoms with Crippen molar-refractivity contribution in [1.29, 1.82) is 0 Å². The van der Waals surface area contributed by atoms with Crippen molar-refractivity contribution in [2.75, 3.05) is 5.94 Å². The molecule has 0 saturated heterocycles. The predicted molar refractivity (Wildman–Crippen MR) is 45.5 cm³/mol. The summed E-state index contributed by atoms with van der Waals surface area (Å²) in [6.07, 6.45) is 0. The highest BCUT2D eigenvalue weighted by molar-refractivity contribution is 7.91. The molecular formula is C8H10O3S. The maximum atomic E-state index is 11.1. The van der Waals surface area contributed by atoms with Crippen LogP contribution < -0.4 is 0 Å². The van der Waals surface area contributed by atoms with E-state index in [0.29, 0.717) is 0 Å². The van der Waals surface area contributed by atoms with Crippen molar-refractivity contribution in [3.8, 4) is 0 Å². The van der Waals surface area contributed by atoms with Gasteiger partial charge in [-0.15, -0.1) is 0 Å². The third kappa shape index (κ3) is 1.84. The second-order valence-corrected chi connectivity index (χ2v) is 4.52. The SMILES string of the molecule is Cc1cccc(S(=O)(=O)CO)c1. The number of aliphatic hydroxyl groups is 1. The molecule has 3 nitrogen and oxygen atoms in total. The van der Waals surface area contributed by atoms with Gasteiger partial charge in [-0.05, 0) is 24.6 Å². The van der Waals surface area contributed by atoms with Crippen molar-refractivity contribution in [1.82, 2.24) is 0 Å². The third-order valence-electron chi connectivity index (χ3n) is 1.52. The second kappa shape index (κ2) is 3.25. The third-order valence-corrected chi connectivity index (χ3v) is 2.83. The van der Waals surface area contributed by atoms with Crippen LogP contribution >= 0.6 is 0 Å². The van der Waals surface area contributed by atoms with E-state index in [1.807, 2.05) is 0 Å². The Balaban J connectivity index is 3.21. The van der Waals surface area contributed by atoms with Gasteiger partial charge in [-0.1, -0.05) is 12.1 Å². The van der Waals surface area contributed by atoms with Gasteiger partial charge in [0.1, 0.15) is 5.94 Å². The van der Waals surface area contributed by atoms with E-state index in [1.165, 1.54) is 12.1 Å². The second-order valence-electron chi connectivity index (χ2n) is 2.56. The first-order valence-electron chi connectivity index (χ1n) is 3.46. The van der Waals surface area contributed by atoms with E-state index >= 15 is 0 Å². The molecule has 1 rings (SSSR count). The molecule has 1 N–H and O–H groups in total. The zero-order chi connectivity index (χ0) is 9.19. The molecule has 0 spiro atoms. The first-order chi connectivity index (χ1) is 5.56. The summed E-state index contributed by atoms with van der Waals surface area (Å²) in [5, 5.41) is 8.55. The predicted octanol–water partition coefficient (Wildman–Crippen LogP) is 0.719. The molecule has 0 heterocycles. The highest BCUT2D eigenvalue weighted by atomic mass is 32.2. The minimum Gasteiger partial charge on any atom is -0.380 e. The fourth-order valence-corrected chi connectivity index (χ4v) is 1.68. The van der Waals surface area contributed by atoms with Crippen molar-refractivity contribution in [3.63, 3.8) is 0 Å². The van der Waals surface area contributed by atoms with E-state index in [9.17, 15) is 8.42 Å². The highest BCUT2D eigenvalue weighted by Gasteiger charge is 2.11. The molecule has 12 heavy (non-hydrogen) atoms. The summed E-state index contributed by atoms with van der Waals surface area (Å²) >= 11 is 0. The molecule has 1 aromatic rings. The first-order valence-corrected chi connectivity index (χ1v) is 5.12. The van der Waals surface area contributed by atoms with Gasteiger partial charge in [0.25, 0.3) is 0 Å². The topological polar surface area (TPSA) is 54.4 Å². The van der Waals surface area contributed by atoms with E-state index in [4.69, 9.17) is 5.11 Å². The number of aryl methyl sites for hydroxylation is 1. The Morgan fingerprint density at radius 2 is 2.08 bits per heavy atom. The lowest BCUT2D eigenvalue weighted by Gasteiger charge is -2.00. The van der Waals surface area contributed by atoms with E-state index in [0.717, 1.165) is 5.56 Å². The van der Waals surface area contributed by atoms with Gasteiger partial charge >= 0.3 is 0 Å². The van der Waals surface area contributed by atoms with Gasteiger partial charge < -0.3 is 5.11 Å². The summed E-state index contributed by atoms with van der Waals surface area (Å²) in [7, 11) is -3.47. The molecule has 0 aromatic heterocycles. The van der Waals surface area contributed by atoms with Crippen LogP contribution in [0.25, 0.3) is 0 Å². The number of benzene rings is 1. The van der Waals surface area contributed by atoms with E-state index in [1.54, 1.807) is 19.1 Å². The zero-order valence-electron chi connectivity index (χ0n) is 6.69. The Hall–Kier alpha value is -0.870. The molecule has 0 aliphatic heterocycles. The van der Waals surface area contributed by atoms with Crippen molar-refractivity contribution >= 4 is 9.84 Å². The number of hydrogen-bond donors (Lipinski definition) is 1. The van der Waals surface area contributed by atoms with E-state index < -0.39 is 15.8 Å². The van der Waals surface area contributed by atoms with Crippen LogP contribution in [0.5, 0.6) is 0 Å². The molecule has 0 aliphatic rings. The number of rotatable bonds is 2. The minimum absolute atomic E-state index is 0.171. The Morgan fingerprint density at radius 3 is 2.58 bits per heavy atom. The summed E-state index contributed by atoms with van der Waals surface area (Å²) in [5.74, 6) is -0.837. The first kappa shape index (κ1) is 9.22. The monoisotopic (exact) mass is 186 g/mol. The number of hydrogen-bond acceptors (Lipinski definition) is 3. The zero-order valence-corrected chi connectivity index (χ0v) is 7.50. The van der Waals surface area contributed by atoms with Crippen molar-refractivity contribution in [3.05, 3.63) is 29.8 Å². The van der Waals surface area contributed by atoms with Crippen molar-refractivity contribution in [2.45, 2.75) is 11.8 Å². The molecule has 4 heteroatoms. The summed E-state index contributed by atoms with van der Waals surface area (Å²) < 4.78 is 22.2. The maximum Gasteiger partial charge on any atom is 0.202 e. The molecule has 0 saturated carbocycles. The van der Waals surface area contributed by atoms with Crippen molar-refractivity contribution < 1.29 is 13.5 Å². The van der Waals surface area contributed by atoms with Crippen LogP contribution in [0.3, 0.4) is 0 Å². The molecule has 0 atom stereocenters.